The van der Waals surface area contributed by atoms with Crippen molar-refractivity contribution in [3.63, 3.8) is 0 Å². The Hall–Kier alpha value is -3.45. The second-order valence-corrected chi connectivity index (χ2v) is 7.36. The van der Waals surface area contributed by atoms with Gasteiger partial charge in [-0.1, -0.05) is 36.4 Å². The summed E-state index contributed by atoms with van der Waals surface area (Å²) < 4.78 is 24.2. The monoisotopic (exact) mass is 438 g/mol. The number of hydrogen-bond donors (Lipinski definition) is 0. The largest absolute Gasteiger partial charge is 0.467 e. The summed E-state index contributed by atoms with van der Waals surface area (Å²) in [7, 11) is 1.52. The number of rotatable bonds is 11. The van der Waals surface area contributed by atoms with Crippen molar-refractivity contribution in [3.8, 4) is 0 Å². The van der Waals surface area contributed by atoms with Gasteiger partial charge in [0.05, 0.1) is 19.4 Å². The number of nitrogens with zero attached hydrogens (tertiary/aromatic N) is 2. The highest BCUT2D eigenvalue weighted by Gasteiger charge is 2.23. The molecule has 0 fully saturated rings. The molecule has 0 aliphatic rings. The molecule has 168 valence electrons. The van der Waals surface area contributed by atoms with E-state index < -0.39 is 11.7 Å². The van der Waals surface area contributed by atoms with E-state index >= 15 is 0 Å². The average molecular weight is 438 g/mol. The highest BCUT2D eigenvalue weighted by atomic mass is 19.1. The van der Waals surface area contributed by atoms with E-state index in [1.165, 1.54) is 36.3 Å². The van der Waals surface area contributed by atoms with Gasteiger partial charge in [-0.05, 0) is 42.3 Å². The van der Waals surface area contributed by atoms with Crippen molar-refractivity contribution in [2.75, 3.05) is 33.4 Å². The van der Waals surface area contributed by atoms with Gasteiger partial charge >= 0.3 is 0 Å². The molecule has 0 saturated carbocycles. The normalized spacial score (nSPS) is 10.7. The molecule has 3 aromatic rings. The SMILES string of the molecule is COCCN(CC(=O)N(CCc1ccccc1)Cc1ccco1)C(=O)c1cccc(F)c1. The van der Waals surface area contributed by atoms with Gasteiger partial charge in [-0.25, -0.2) is 4.39 Å². The summed E-state index contributed by atoms with van der Waals surface area (Å²) in [5.74, 6) is -0.489. The van der Waals surface area contributed by atoms with Crippen LogP contribution in [0.15, 0.2) is 77.4 Å². The summed E-state index contributed by atoms with van der Waals surface area (Å²) >= 11 is 0. The van der Waals surface area contributed by atoms with Crippen LogP contribution in [0.3, 0.4) is 0 Å². The van der Waals surface area contributed by atoms with Crippen LogP contribution in [-0.2, 0) is 22.5 Å². The Kier molecular flexibility index (Phi) is 8.57. The lowest BCUT2D eigenvalue weighted by Crippen LogP contribution is -2.44. The third kappa shape index (κ3) is 6.78. The molecule has 0 atom stereocenters. The predicted octanol–water partition coefficient (Wildman–Crippen LogP) is 3.78. The Labute approximate surface area is 187 Å². The fourth-order valence-corrected chi connectivity index (χ4v) is 3.31. The summed E-state index contributed by atoms with van der Waals surface area (Å²) in [6.45, 7) is 1.09. The molecule has 6 nitrogen and oxygen atoms in total. The number of halogens is 1. The summed E-state index contributed by atoms with van der Waals surface area (Å²) in [5.41, 5.74) is 1.30. The lowest BCUT2D eigenvalue weighted by Gasteiger charge is -2.27. The van der Waals surface area contributed by atoms with Crippen LogP contribution in [0, 0.1) is 5.82 Å². The molecule has 1 heterocycles. The molecule has 0 saturated heterocycles. The van der Waals surface area contributed by atoms with Crippen LogP contribution in [0.4, 0.5) is 4.39 Å². The van der Waals surface area contributed by atoms with Crippen LogP contribution < -0.4 is 0 Å². The van der Waals surface area contributed by atoms with Gasteiger partial charge in [0.25, 0.3) is 5.91 Å². The molecule has 0 spiro atoms. The van der Waals surface area contributed by atoms with Crippen molar-refractivity contribution in [2.24, 2.45) is 0 Å². The van der Waals surface area contributed by atoms with Crippen LogP contribution in [-0.4, -0.2) is 55.0 Å². The van der Waals surface area contributed by atoms with Crippen molar-refractivity contribution in [1.29, 1.82) is 0 Å². The number of methoxy groups -OCH3 is 1. The summed E-state index contributed by atoms with van der Waals surface area (Å²) in [6, 6.07) is 18.9. The first kappa shape index (κ1) is 23.2. The van der Waals surface area contributed by atoms with Crippen molar-refractivity contribution < 1.29 is 23.1 Å². The van der Waals surface area contributed by atoms with E-state index in [1.54, 1.807) is 17.2 Å². The number of carbonyl (C=O) groups is 2. The average Bonchev–Trinajstić information content (AvgIpc) is 3.32. The molecule has 0 unspecified atom stereocenters. The van der Waals surface area contributed by atoms with Gasteiger partial charge in [0, 0.05) is 25.8 Å². The zero-order chi connectivity index (χ0) is 22.8. The molecule has 0 aliphatic heterocycles. The Morgan fingerprint density at radius 1 is 0.969 bits per heavy atom. The fraction of sp³-hybridized carbons (Fsp3) is 0.280. The maximum Gasteiger partial charge on any atom is 0.254 e. The molecule has 32 heavy (non-hydrogen) atoms. The molecule has 7 heteroatoms. The first-order valence-electron chi connectivity index (χ1n) is 10.4. The van der Waals surface area contributed by atoms with Gasteiger partial charge in [0.1, 0.15) is 18.1 Å². The van der Waals surface area contributed by atoms with Gasteiger partial charge in [0.15, 0.2) is 0 Å². The molecule has 0 radical (unpaired) electrons. The molecule has 2 amide bonds. The molecular formula is C25H27FN2O4. The second-order valence-electron chi connectivity index (χ2n) is 7.36. The number of hydrogen-bond acceptors (Lipinski definition) is 4. The van der Waals surface area contributed by atoms with E-state index in [-0.39, 0.29) is 31.2 Å². The van der Waals surface area contributed by atoms with Crippen LogP contribution >= 0.6 is 0 Å². The van der Waals surface area contributed by atoms with Gasteiger partial charge in [-0.3, -0.25) is 9.59 Å². The minimum atomic E-state index is -0.504. The summed E-state index contributed by atoms with van der Waals surface area (Å²) in [4.78, 5) is 29.3. The van der Waals surface area contributed by atoms with E-state index in [4.69, 9.17) is 9.15 Å². The van der Waals surface area contributed by atoms with E-state index in [0.717, 1.165) is 5.56 Å². The van der Waals surface area contributed by atoms with Gasteiger partial charge in [-0.15, -0.1) is 0 Å². The molecular weight excluding hydrogens is 411 g/mol. The third-order valence-electron chi connectivity index (χ3n) is 5.04. The zero-order valence-electron chi connectivity index (χ0n) is 18.1. The second kappa shape index (κ2) is 11.8. The Bertz CT molecular complexity index is 992. The highest BCUT2D eigenvalue weighted by Crippen LogP contribution is 2.12. The van der Waals surface area contributed by atoms with Crippen LogP contribution in [0.1, 0.15) is 21.7 Å². The minimum Gasteiger partial charge on any atom is -0.467 e. The Balaban J connectivity index is 1.74. The van der Waals surface area contributed by atoms with Crippen LogP contribution in [0.25, 0.3) is 0 Å². The highest BCUT2D eigenvalue weighted by molar-refractivity contribution is 5.96. The van der Waals surface area contributed by atoms with Crippen molar-refractivity contribution in [1.82, 2.24) is 9.80 Å². The van der Waals surface area contributed by atoms with Gasteiger partial charge in [-0.2, -0.15) is 0 Å². The number of amides is 2. The number of carbonyl (C=O) groups excluding carboxylic acids is 2. The Morgan fingerprint density at radius 2 is 1.78 bits per heavy atom. The lowest BCUT2D eigenvalue weighted by atomic mass is 10.1. The number of benzene rings is 2. The molecule has 2 aromatic carbocycles. The molecule has 1 aromatic heterocycles. The first-order valence-corrected chi connectivity index (χ1v) is 10.4. The standard InChI is InChI=1S/C25H27FN2O4/c1-31-16-14-28(25(30)21-9-5-10-22(26)17-21)19-24(29)27(18-23-11-6-15-32-23)13-12-20-7-3-2-4-8-20/h2-11,15,17H,12-14,16,18-19H2,1H3. The quantitative estimate of drug-likeness (QED) is 0.457. The predicted molar refractivity (Wildman–Crippen MR) is 118 cm³/mol. The summed E-state index contributed by atoms with van der Waals surface area (Å²) in [6.07, 6.45) is 2.23. The smallest absolute Gasteiger partial charge is 0.254 e. The zero-order valence-corrected chi connectivity index (χ0v) is 18.1. The van der Waals surface area contributed by atoms with Crippen LogP contribution in [0.2, 0.25) is 0 Å². The molecule has 0 bridgehead atoms. The molecule has 0 N–H and O–H groups in total. The maximum atomic E-state index is 13.6. The van der Waals surface area contributed by atoms with Gasteiger partial charge < -0.3 is 19.0 Å². The van der Waals surface area contributed by atoms with Crippen LogP contribution in [0.5, 0.6) is 0 Å². The third-order valence-corrected chi connectivity index (χ3v) is 5.04. The Morgan fingerprint density at radius 3 is 2.47 bits per heavy atom. The van der Waals surface area contributed by atoms with Crippen molar-refractivity contribution >= 4 is 11.8 Å². The van der Waals surface area contributed by atoms with E-state index in [2.05, 4.69) is 0 Å². The summed E-state index contributed by atoms with van der Waals surface area (Å²) in [5, 5.41) is 0. The van der Waals surface area contributed by atoms with Crippen molar-refractivity contribution in [3.05, 3.63) is 95.7 Å². The fourth-order valence-electron chi connectivity index (χ4n) is 3.31. The van der Waals surface area contributed by atoms with E-state index in [9.17, 15) is 14.0 Å². The topological polar surface area (TPSA) is 63.0 Å². The van der Waals surface area contributed by atoms with Gasteiger partial charge in [0.2, 0.25) is 5.91 Å². The molecule has 3 rings (SSSR count). The first-order chi connectivity index (χ1) is 15.6. The van der Waals surface area contributed by atoms with Crippen molar-refractivity contribution in [2.45, 2.75) is 13.0 Å². The minimum absolute atomic E-state index is 0.145. The van der Waals surface area contributed by atoms with E-state index in [0.29, 0.717) is 25.3 Å². The number of ether oxygens (including phenoxy) is 1. The lowest BCUT2D eigenvalue weighted by molar-refractivity contribution is -0.132. The number of furan rings is 1. The molecule has 0 aliphatic carbocycles. The maximum absolute atomic E-state index is 13.6. The van der Waals surface area contributed by atoms with E-state index in [1.807, 2.05) is 36.4 Å².